The minimum absolute atomic E-state index is 0.118. The van der Waals surface area contributed by atoms with Crippen LogP contribution in [0.15, 0.2) is 0 Å². The van der Waals surface area contributed by atoms with Gasteiger partial charge < -0.3 is 5.11 Å². The number of hydrogen-bond donors (Lipinski definition) is 1. The topological polar surface area (TPSA) is 40.5 Å². The van der Waals surface area contributed by atoms with Crippen molar-refractivity contribution in [2.45, 2.75) is 31.7 Å². The standard InChI is InChI=1S/C9H16FNO2/c1-9(7-8(12)13)3-2-5-11(9)6-4-10/h2-7H2,1H3,(H,12,13)/t9-/m1/s1. The van der Waals surface area contributed by atoms with Gasteiger partial charge in [-0.05, 0) is 26.3 Å². The average molecular weight is 189 g/mol. The van der Waals surface area contributed by atoms with Crippen LogP contribution in [0.25, 0.3) is 0 Å². The number of aliphatic carboxylic acids is 1. The Bertz CT molecular complexity index is 198. The van der Waals surface area contributed by atoms with E-state index in [1.165, 1.54) is 0 Å². The second-order valence-corrected chi connectivity index (χ2v) is 3.85. The molecular weight excluding hydrogens is 173 g/mol. The first-order valence-electron chi connectivity index (χ1n) is 4.61. The molecule has 0 saturated carbocycles. The third-order valence-electron chi connectivity index (χ3n) is 2.79. The molecule has 1 atom stereocenters. The largest absolute Gasteiger partial charge is 0.481 e. The number of carbonyl (C=O) groups is 1. The minimum atomic E-state index is -0.798. The van der Waals surface area contributed by atoms with Gasteiger partial charge in [0.25, 0.3) is 0 Å². The quantitative estimate of drug-likeness (QED) is 0.724. The maximum atomic E-state index is 12.1. The average Bonchev–Trinajstić information content (AvgIpc) is 2.32. The van der Waals surface area contributed by atoms with Gasteiger partial charge in [0.15, 0.2) is 0 Å². The summed E-state index contributed by atoms with van der Waals surface area (Å²) < 4.78 is 12.1. The van der Waals surface area contributed by atoms with Gasteiger partial charge in [0.05, 0.1) is 6.42 Å². The van der Waals surface area contributed by atoms with Gasteiger partial charge in [-0.3, -0.25) is 9.69 Å². The molecule has 1 aliphatic rings. The molecule has 4 heteroatoms. The normalized spacial score (nSPS) is 29.4. The molecule has 0 unspecified atom stereocenters. The first-order valence-corrected chi connectivity index (χ1v) is 4.61. The van der Waals surface area contributed by atoms with Crippen LogP contribution >= 0.6 is 0 Å². The number of alkyl halides is 1. The molecule has 0 bridgehead atoms. The fourth-order valence-electron chi connectivity index (χ4n) is 2.09. The van der Waals surface area contributed by atoms with Crippen LogP contribution in [0.4, 0.5) is 4.39 Å². The Kier molecular flexibility index (Phi) is 3.25. The molecule has 0 spiro atoms. The Morgan fingerprint density at radius 3 is 2.92 bits per heavy atom. The lowest BCUT2D eigenvalue weighted by Crippen LogP contribution is -2.43. The second kappa shape index (κ2) is 4.05. The molecule has 3 nitrogen and oxygen atoms in total. The van der Waals surface area contributed by atoms with Gasteiger partial charge in [0.2, 0.25) is 0 Å². The van der Waals surface area contributed by atoms with Crippen LogP contribution in [-0.2, 0) is 4.79 Å². The second-order valence-electron chi connectivity index (χ2n) is 3.85. The van der Waals surface area contributed by atoms with Crippen molar-refractivity contribution in [3.05, 3.63) is 0 Å². The van der Waals surface area contributed by atoms with Crippen molar-refractivity contribution in [3.63, 3.8) is 0 Å². The van der Waals surface area contributed by atoms with Crippen molar-refractivity contribution in [1.82, 2.24) is 4.90 Å². The Morgan fingerprint density at radius 2 is 2.38 bits per heavy atom. The fraction of sp³-hybridized carbons (Fsp3) is 0.889. The number of carboxylic acid groups (broad SMARTS) is 1. The first kappa shape index (κ1) is 10.4. The molecular formula is C9H16FNO2. The summed E-state index contributed by atoms with van der Waals surface area (Å²) in [4.78, 5) is 12.5. The molecule has 1 N–H and O–H groups in total. The van der Waals surface area contributed by atoms with E-state index in [1.54, 1.807) is 0 Å². The summed E-state index contributed by atoms with van der Waals surface area (Å²) in [5, 5.41) is 8.70. The van der Waals surface area contributed by atoms with E-state index >= 15 is 0 Å². The maximum Gasteiger partial charge on any atom is 0.305 e. The lowest BCUT2D eigenvalue weighted by atomic mass is 9.95. The molecule has 0 amide bonds. The molecule has 1 rings (SSSR count). The SMILES string of the molecule is C[C@]1(CC(=O)O)CCCN1CCF. The maximum absolute atomic E-state index is 12.1. The van der Waals surface area contributed by atoms with Gasteiger partial charge in [-0.15, -0.1) is 0 Å². The van der Waals surface area contributed by atoms with Crippen LogP contribution in [0.3, 0.4) is 0 Å². The highest BCUT2D eigenvalue weighted by molar-refractivity contribution is 5.68. The smallest absolute Gasteiger partial charge is 0.305 e. The first-order chi connectivity index (χ1) is 6.08. The molecule has 1 aliphatic heterocycles. The van der Waals surface area contributed by atoms with Gasteiger partial charge in [-0.25, -0.2) is 4.39 Å². The van der Waals surface area contributed by atoms with E-state index in [0.29, 0.717) is 6.54 Å². The molecule has 13 heavy (non-hydrogen) atoms. The van der Waals surface area contributed by atoms with E-state index in [-0.39, 0.29) is 12.0 Å². The monoisotopic (exact) mass is 189 g/mol. The summed E-state index contributed by atoms with van der Waals surface area (Å²) in [6, 6.07) is 0. The minimum Gasteiger partial charge on any atom is -0.481 e. The Labute approximate surface area is 77.5 Å². The van der Waals surface area contributed by atoms with Crippen LogP contribution in [0.5, 0.6) is 0 Å². The Hall–Kier alpha value is -0.640. The molecule has 76 valence electrons. The predicted octanol–water partition coefficient (Wildman–Crippen LogP) is 1.29. The summed E-state index contributed by atoms with van der Waals surface area (Å²) in [5.74, 6) is -0.798. The molecule has 1 heterocycles. The van der Waals surface area contributed by atoms with E-state index < -0.39 is 12.6 Å². The molecule has 1 fully saturated rings. The number of carboxylic acids is 1. The predicted molar refractivity (Wildman–Crippen MR) is 47.4 cm³/mol. The van der Waals surface area contributed by atoms with Crippen LogP contribution in [-0.4, -0.2) is 41.3 Å². The van der Waals surface area contributed by atoms with Crippen LogP contribution < -0.4 is 0 Å². The van der Waals surface area contributed by atoms with Crippen molar-refractivity contribution in [1.29, 1.82) is 0 Å². The lowest BCUT2D eigenvalue weighted by Gasteiger charge is -2.33. The molecule has 0 aromatic heterocycles. The third-order valence-corrected chi connectivity index (χ3v) is 2.79. The van der Waals surface area contributed by atoms with Crippen molar-refractivity contribution < 1.29 is 14.3 Å². The van der Waals surface area contributed by atoms with E-state index in [2.05, 4.69) is 0 Å². The van der Waals surface area contributed by atoms with E-state index in [0.717, 1.165) is 19.4 Å². The van der Waals surface area contributed by atoms with Crippen LogP contribution in [0.1, 0.15) is 26.2 Å². The molecule has 0 aromatic carbocycles. The highest BCUT2D eigenvalue weighted by Gasteiger charge is 2.37. The number of nitrogens with zero attached hydrogens (tertiary/aromatic N) is 1. The summed E-state index contributed by atoms with van der Waals surface area (Å²) in [6.07, 6.45) is 1.95. The number of rotatable bonds is 4. The van der Waals surface area contributed by atoms with Gasteiger partial charge in [-0.2, -0.15) is 0 Å². The van der Waals surface area contributed by atoms with Crippen molar-refractivity contribution in [2.75, 3.05) is 19.8 Å². The van der Waals surface area contributed by atoms with Crippen molar-refractivity contribution in [2.24, 2.45) is 0 Å². The number of hydrogen-bond acceptors (Lipinski definition) is 2. The van der Waals surface area contributed by atoms with E-state index in [1.807, 2.05) is 11.8 Å². The molecule has 0 radical (unpaired) electrons. The van der Waals surface area contributed by atoms with E-state index in [9.17, 15) is 9.18 Å². The number of halogens is 1. The van der Waals surface area contributed by atoms with Gasteiger partial charge in [0.1, 0.15) is 6.67 Å². The highest BCUT2D eigenvalue weighted by atomic mass is 19.1. The lowest BCUT2D eigenvalue weighted by molar-refractivity contribution is -0.139. The fourth-order valence-corrected chi connectivity index (χ4v) is 2.09. The van der Waals surface area contributed by atoms with Gasteiger partial charge in [-0.1, -0.05) is 0 Å². The highest BCUT2D eigenvalue weighted by Crippen LogP contribution is 2.31. The zero-order valence-electron chi connectivity index (χ0n) is 7.92. The Balaban J connectivity index is 2.58. The summed E-state index contributed by atoms with van der Waals surface area (Å²) in [6.45, 7) is 2.70. The van der Waals surface area contributed by atoms with Gasteiger partial charge >= 0.3 is 5.97 Å². The number of likely N-dealkylation sites (tertiary alicyclic amines) is 1. The van der Waals surface area contributed by atoms with Crippen molar-refractivity contribution >= 4 is 5.97 Å². The zero-order valence-corrected chi connectivity index (χ0v) is 7.92. The van der Waals surface area contributed by atoms with Crippen molar-refractivity contribution in [3.8, 4) is 0 Å². The van der Waals surface area contributed by atoms with Crippen LogP contribution in [0, 0.1) is 0 Å². The summed E-state index contributed by atoms with van der Waals surface area (Å²) in [7, 11) is 0. The molecule has 0 aromatic rings. The zero-order chi connectivity index (χ0) is 9.90. The third kappa shape index (κ3) is 2.40. The molecule has 0 aliphatic carbocycles. The summed E-state index contributed by atoms with van der Waals surface area (Å²) >= 11 is 0. The Morgan fingerprint density at radius 1 is 1.69 bits per heavy atom. The molecule has 1 saturated heterocycles. The van der Waals surface area contributed by atoms with Crippen LogP contribution in [0.2, 0.25) is 0 Å². The summed E-state index contributed by atoms with van der Waals surface area (Å²) in [5.41, 5.74) is -0.322. The van der Waals surface area contributed by atoms with Gasteiger partial charge in [0, 0.05) is 12.1 Å². The van der Waals surface area contributed by atoms with E-state index in [4.69, 9.17) is 5.11 Å².